The molecule has 16 heavy (non-hydrogen) atoms. The van der Waals surface area contributed by atoms with Gasteiger partial charge in [0.1, 0.15) is 4.83 Å². The molecule has 2 rings (SSSR count). The lowest BCUT2D eigenvalue weighted by Crippen LogP contribution is -2.12. The van der Waals surface area contributed by atoms with Crippen molar-refractivity contribution >= 4 is 33.2 Å². The van der Waals surface area contributed by atoms with Crippen LogP contribution in [0.2, 0.25) is 5.28 Å². The number of rotatable bonds is 4. The van der Waals surface area contributed by atoms with E-state index in [4.69, 9.17) is 16.3 Å². The minimum Gasteiger partial charge on any atom is -0.474 e. The van der Waals surface area contributed by atoms with Crippen molar-refractivity contribution in [1.82, 2.24) is 9.97 Å². The number of nitrogens with zero attached hydrogens (tertiary/aromatic N) is 2. The lowest BCUT2D eigenvalue weighted by molar-refractivity contribution is 0.204. The van der Waals surface area contributed by atoms with Gasteiger partial charge in [0.25, 0.3) is 0 Å². The quantitative estimate of drug-likeness (QED) is 0.778. The van der Waals surface area contributed by atoms with Crippen LogP contribution < -0.4 is 4.74 Å². The molecule has 0 aliphatic rings. The molecule has 0 saturated carbocycles. The largest absolute Gasteiger partial charge is 0.474 e. The standard InChI is InChI=1S/C11H13ClN2OS/c1-3-4-7(2)15-9-8-5-6-16-10(8)14-11(12)13-9/h5-7H,3-4H2,1-2H3. The van der Waals surface area contributed by atoms with Crippen LogP contribution in [0.3, 0.4) is 0 Å². The molecule has 0 N–H and O–H groups in total. The van der Waals surface area contributed by atoms with Gasteiger partial charge in [-0.1, -0.05) is 13.3 Å². The van der Waals surface area contributed by atoms with Crippen molar-refractivity contribution < 1.29 is 4.74 Å². The van der Waals surface area contributed by atoms with Gasteiger partial charge in [-0.05, 0) is 36.4 Å². The first-order valence-electron chi connectivity index (χ1n) is 5.28. The minimum absolute atomic E-state index is 0.152. The van der Waals surface area contributed by atoms with Crippen molar-refractivity contribution in [2.24, 2.45) is 0 Å². The lowest BCUT2D eigenvalue weighted by atomic mass is 10.2. The summed E-state index contributed by atoms with van der Waals surface area (Å²) in [6.45, 7) is 4.17. The number of aromatic nitrogens is 2. The van der Waals surface area contributed by atoms with Crippen LogP contribution in [0.15, 0.2) is 11.4 Å². The Morgan fingerprint density at radius 1 is 1.50 bits per heavy atom. The van der Waals surface area contributed by atoms with Crippen LogP contribution in [0.5, 0.6) is 5.88 Å². The van der Waals surface area contributed by atoms with E-state index < -0.39 is 0 Å². The van der Waals surface area contributed by atoms with Gasteiger partial charge in [0, 0.05) is 0 Å². The zero-order chi connectivity index (χ0) is 11.5. The summed E-state index contributed by atoms with van der Waals surface area (Å²) in [5.41, 5.74) is 0. The van der Waals surface area contributed by atoms with Crippen LogP contribution in [0.4, 0.5) is 0 Å². The molecule has 0 saturated heterocycles. The zero-order valence-corrected chi connectivity index (χ0v) is 10.8. The Labute approximate surface area is 103 Å². The van der Waals surface area contributed by atoms with Gasteiger partial charge in [0.05, 0.1) is 11.5 Å². The number of thiophene rings is 1. The second kappa shape index (κ2) is 4.97. The summed E-state index contributed by atoms with van der Waals surface area (Å²) in [6, 6.07) is 1.96. The highest BCUT2D eigenvalue weighted by atomic mass is 35.5. The summed E-state index contributed by atoms with van der Waals surface area (Å²) in [7, 11) is 0. The maximum Gasteiger partial charge on any atom is 0.227 e. The Balaban J connectivity index is 2.31. The first-order chi connectivity index (χ1) is 7.70. The van der Waals surface area contributed by atoms with Gasteiger partial charge in [-0.3, -0.25) is 0 Å². The number of hydrogen-bond donors (Lipinski definition) is 0. The minimum atomic E-state index is 0.152. The molecule has 0 spiro atoms. The fourth-order valence-electron chi connectivity index (χ4n) is 1.55. The maximum absolute atomic E-state index is 5.85. The highest BCUT2D eigenvalue weighted by molar-refractivity contribution is 7.16. The fraction of sp³-hybridized carbons (Fsp3) is 0.455. The molecule has 0 aromatic carbocycles. The van der Waals surface area contributed by atoms with Crippen LogP contribution in [-0.2, 0) is 0 Å². The van der Waals surface area contributed by atoms with Crippen molar-refractivity contribution in [2.75, 3.05) is 0 Å². The van der Waals surface area contributed by atoms with Gasteiger partial charge < -0.3 is 4.74 Å². The normalized spacial score (nSPS) is 12.9. The first kappa shape index (κ1) is 11.6. The van der Waals surface area contributed by atoms with Gasteiger partial charge in [0.15, 0.2) is 0 Å². The van der Waals surface area contributed by atoms with Crippen LogP contribution in [0.1, 0.15) is 26.7 Å². The van der Waals surface area contributed by atoms with E-state index in [-0.39, 0.29) is 11.4 Å². The van der Waals surface area contributed by atoms with Crippen molar-refractivity contribution in [2.45, 2.75) is 32.8 Å². The summed E-state index contributed by atoms with van der Waals surface area (Å²) in [5, 5.41) is 3.15. The van der Waals surface area contributed by atoms with Gasteiger partial charge >= 0.3 is 0 Å². The summed E-state index contributed by atoms with van der Waals surface area (Å²) < 4.78 is 5.78. The average Bonchev–Trinajstić information content (AvgIpc) is 2.65. The van der Waals surface area contributed by atoms with Gasteiger partial charge in [-0.25, -0.2) is 4.98 Å². The molecule has 1 atom stereocenters. The molecule has 0 aliphatic heterocycles. The molecular weight excluding hydrogens is 244 g/mol. The molecule has 3 nitrogen and oxygen atoms in total. The van der Waals surface area contributed by atoms with E-state index in [0.29, 0.717) is 5.88 Å². The molecule has 86 valence electrons. The Kier molecular flexibility index (Phi) is 3.61. The molecule has 0 amide bonds. The highest BCUT2D eigenvalue weighted by Crippen LogP contribution is 2.28. The first-order valence-corrected chi connectivity index (χ1v) is 6.54. The molecule has 5 heteroatoms. The van der Waals surface area contributed by atoms with Crippen LogP contribution in [0.25, 0.3) is 10.2 Å². The number of halogens is 1. The molecule has 0 bridgehead atoms. The molecule has 2 heterocycles. The van der Waals surface area contributed by atoms with E-state index in [9.17, 15) is 0 Å². The lowest BCUT2D eigenvalue weighted by Gasteiger charge is -2.13. The monoisotopic (exact) mass is 256 g/mol. The topological polar surface area (TPSA) is 35.0 Å². The van der Waals surface area contributed by atoms with Crippen LogP contribution in [-0.4, -0.2) is 16.1 Å². The third-order valence-electron chi connectivity index (χ3n) is 2.27. The van der Waals surface area contributed by atoms with Gasteiger partial charge in [-0.15, -0.1) is 11.3 Å². The number of hydrogen-bond acceptors (Lipinski definition) is 4. The Bertz CT molecular complexity index is 486. The Morgan fingerprint density at radius 2 is 2.31 bits per heavy atom. The molecule has 2 aromatic heterocycles. The molecule has 0 aliphatic carbocycles. The molecule has 0 radical (unpaired) electrons. The smallest absolute Gasteiger partial charge is 0.227 e. The van der Waals surface area contributed by atoms with Crippen LogP contribution in [0, 0.1) is 0 Å². The SMILES string of the molecule is CCCC(C)Oc1nc(Cl)nc2sccc12. The van der Waals surface area contributed by atoms with Crippen LogP contribution >= 0.6 is 22.9 Å². The second-order valence-corrected chi connectivity index (χ2v) is 4.89. The fourth-order valence-corrected chi connectivity index (χ4v) is 2.52. The predicted octanol–water partition coefficient (Wildman–Crippen LogP) is 3.91. The van der Waals surface area contributed by atoms with Crippen molar-refractivity contribution in [1.29, 1.82) is 0 Å². The molecule has 1 unspecified atom stereocenters. The summed E-state index contributed by atoms with van der Waals surface area (Å²) in [5.74, 6) is 0.595. The Morgan fingerprint density at radius 3 is 3.06 bits per heavy atom. The van der Waals surface area contributed by atoms with Crippen molar-refractivity contribution in [3.8, 4) is 5.88 Å². The Hall–Kier alpha value is -0.870. The third-order valence-corrected chi connectivity index (χ3v) is 3.25. The average molecular weight is 257 g/mol. The van der Waals surface area contributed by atoms with E-state index in [1.165, 1.54) is 0 Å². The highest BCUT2D eigenvalue weighted by Gasteiger charge is 2.11. The second-order valence-electron chi connectivity index (χ2n) is 3.65. The third kappa shape index (κ3) is 2.44. The van der Waals surface area contributed by atoms with Gasteiger partial charge in [-0.2, -0.15) is 4.98 Å². The van der Waals surface area contributed by atoms with E-state index in [1.54, 1.807) is 11.3 Å². The molecule has 0 fully saturated rings. The van der Waals surface area contributed by atoms with E-state index >= 15 is 0 Å². The summed E-state index contributed by atoms with van der Waals surface area (Å²) in [4.78, 5) is 9.15. The van der Waals surface area contributed by atoms with Gasteiger partial charge in [0.2, 0.25) is 11.2 Å². The summed E-state index contributed by atoms with van der Waals surface area (Å²) >= 11 is 7.39. The number of ether oxygens (including phenoxy) is 1. The van der Waals surface area contributed by atoms with E-state index in [0.717, 1.165) is 23.1 Å². The zero-order valence-electron chi connectivity index (χ0n) is 9.24. The van der Waals surface area contributed by atoms with E-state index in [1.807, 2.05) is 18.4 Å². The number of fused-ring (bicyclic) bond motifs is 1. The van der Waals surface area contributed by atoms with Crippen molar-refractivity contribution in [3.63, 3.8) is 0 Å². The molecule has 2 aromatic rings. The summed E-state index contributed by atoms with van der Waals surface area (Å²) in [6.07, 6.45) is 2.25. The van der Waals surface area contributed by atoms with Crippen molar-refractivity contribution in [3.05, 3.63) is 16.7 Å². The predicted molar refractivity (Wildman–Crippen MR) is 67.4 cm³/mol. The van der Waals surface area contributed by atoms with E-state index in [2.05, 4.69) is 16.9 Å². The maximum atomic E-state index is 5.85. The molecular formula is C11H13ClN2OS.